The quantitative estimate of drug-likeness (QED) is 0.882. The van der Waals surface area contributed by atoms with Crippen LogP contribution in [0.3, 0.4) is 0 Å². The molecule has 0 aliphatic carbocycles. The third kappa shape index (κ3) is 3.98. The SMILES string of the molecule is Cc1cccc(N2CCN(C(=O)Nc3cccs3)CC2)c1C.Cl. The van der Waals surface area contributed by atoms with Crippen molar-refractivity contribution in [3.8, 4) is 0 Å². The summed E-state index contributed by atoms with van der Waals surface area (Å²) < 4.78 is 0. The molecule has 2 amide bonds. The molecule has 4 nitrogen and oxygen atoms in total. The number of halogens is 1. The van der Waals surface area contributed by atoms with Gasteiger partial charge in [-0.15, -0.1) is 23.7 Å². The van der Waals surface area contributed by atoms with Crippen LogP contribution in [0.15, 0.2) is 35.7 Å². The van der Waals surface area contributed by atoms with Crippen molar-refractivity contribution >= 4 is 40.5 Å². The van der Waals surface area contributed by atoms with Crippen molar-refractivity contribution in [2.45, 2.75) is 13.8 Å². The van der Waals surface area contributed by atoms with Gasteiger partial charge in [-0.1, -0.05) is 12.1 Å². The number of carbonyl (C=O) groups is 1. The molecule has 1 saturated heterocycles. The Kier molecular flexibility index (Phi) is 5.91. The number of nitrogens with one attached hydrogen (secondary N) is 1. The van der Waals surface area contributed by atoms with Gasteiger partial charge in [0.2, 0.25) is 0 Å². The number of hydrogen-bond acceptors (Lipinski definition) is 3. The Bertz CT molecular complexity index is 652. The Morgan fingerprint density at radius 1 is 1.09 bits per heavy atom. The minimum atomic E-state index is 0. The van der Waals surface area contributed by atoms with Gasteiger partial charge in [0.25, 0.3) is 0 Å². The second-order valence-corrected chi connectivity index (χ2v) is 6.55. The molecule has 23 heavy (non-hydrogen) atoms. The highest BCUT2D eigenvalue weighted by Gasteiger charge is 2.22. The first-order valence-corrected chi connectivity index (χ1v) is 8.44. The van der Waals surface area contributed by atoms with Crippen molar-refractivity contribution in [2.75, 3.05) is 36.4 Å². The van der Waals surface area contributed by atoms with Crippen LogP contribution in [0.25, 0.3) is 0 Å². The van der Waals surface area contributed by atoms with Crippen LogP contribution >= 0.6 is 23.7 Å². The standard InChI is InChI=1S/C17H21N3OS.ClH/c1-13-5-3-6-15(14(13)2)19-8-10-20(11-9-19)17(21)18-16-7-4-12-22-16;/h3-7,12H,8-11H2,1-2H3,(H,18,21);1H. The van der Waals surface area contributed by atoms with Crippen LogP contribution in [-0.2, 0) is 0 Å². The summed E-state index contributed by atoms with van der Waals surface area (Å²) >= 11 is 1.55. The van der Waals surface area contributed by atoms with Crippen molar-refractivity contribution in [3.63, 3.8) is 0 Å². The van der Waals surface area contributed by atoms with E-state index in [4.69, 9.17) is 0 Å². The highest BCUT2D eigenvalue weighted by atomic mass is 35.5. The molecule has 3 rings (SSSR count). The molecule has 0 bridgehead atoms. The zero-order chi connectivity index (χ0) is 15.5. The molecule has 1 aliphatic rings. The maximum absolute atomic E-state index is 12.2. The lowest BCUT2D eigenvalue weighted by Crippen LogP contribution is -2.50. The number of benzene rings is 1. The number of thiophene rings is 1. The van der Waals surface area contributed by atoms with Gasteiger partial charge in [0, 0.05) is 31.9 Å². The van der Waals surface area contributed by atoms with Gasteiger partial charge < -0.3 is 9.80 Å². The molecule has 1 aromatic carbocycles. The molecule has 124 valence electrons. The summed E-state index contributed by atoms with van der Waals surface area (Å²) in [4.78, 5) is 16.5. The van der Waals surface area contributed by atoms with E-state index in [0.717, 1.165) is 31.2 Å². The van der Waals surface area contributed by atoms with Gasteiger partial charge in [-0.3, -0.25) is 5.32 Å². The van der Waals surface area contributed by atoms with E-state index < -0.39 is 0 Å². The molecular weight excluding hydrogens is 330 g/mol. The topological polar surface area (TPSA) is 35.6 Å². The van der Waals surface area contributed by atoms with Crippen molar-refractivity contribution in [1.82, 2.24) is 4.90 Å². The number of nitrogens with zero attached hydrogens (tertiary/aromatic N) is 2. The third-order valence-electron chi connectivity index (χ3n) is 4.23. The van der Waals surface area contributed by atoms with Crippen LogP contribution < -0.4 is 10.2 Å². The molecular formula is C17H22ClN3OS. The van der Waals surface area contributed by atoms with E-state index in [2.05, 4.69) is 42.3 Å². The van der Waals surface area contributed by atoms with E-state index in [-0.39, 0.29) is 18.4 Å². The average molecular weight is 352 g/mol. The molecule has 2 heterocycles. The number of rotatable bonds is 2. The zero-order valence-electron chi connectivity index (χ0n) is 13.4. The molecule has 2 aromatic rings. The molecule has 0 unspecified atom stereocenters. The normalized spacial score (nSPS) is 14.3. The minimum absolute atomic E-state index is 0. The lowest BCUT2D eigenvalue weighted by Gasteiger charge is -2.36. The minimum Gasteiger partial charge on any atom is -0.368 e. The first-order chi connectivity index (χ1) is 10.6. The van der Waals surface area contributed by atoms with Crippen molar-refractivity contribution < 1.29 is 4.79 Å². The predicted octanol–water partition coefficient (Wildman–Crippen LogP) is 4.14. The summed E-state index contributed by atoms with van der Waals surface area (Å²) in [5, 5.41) is 5.82. The van der Waals surface area contributed by atoms with Crippen molar-refractivity contribution in [3.05, 3.63) is 46.8 Å². The fourth-order valence-corrected chi connectivity index (χ4v) is 3.37. The average Bonchev–Trinajstić information content (AvgIpc) is 3.03. The first-order valence-electron chi connectivity index (χ1n) is 7.56. The molecule has 6 heteroatoms. The first kappa shape index (κ1) is 17.6. The van der Waals surface area contributed by atoms with E-state index in [1.165, 1.54) is 16.8 Å². The van der Waals surface area contributed by atoms with Gasteiger partial charge in [-0.2, -0.15) is 0 Å². The monoisotopic (exact) mass is 351 g/mol. The van der Waals surface area contributed by atoms with Gasteiger partial charge in [0.05, 0.1) is 5.00 Å². The largest absolute Gasteiger partial charge is 0.368 e. The molecule has 1 N–H and O–H groups in total. The van der Waals surface area contributed by atoms with Gasteiger partial charge in [-0.05, 0) is 48.6 Å². The Morgan fingerprint density at radius 3 is 2.48 bits per heavy atom. The number of anilines is 2. The summed E-state index contributed by atoms with van der Waals surface area (Å²) in [5.74, 6) is 0. The highest BCUT2D eigenvalue weighted by Crippen LogP contribution is 2.24. The molecule has 1 aliphatic heterocycles. The van der Waals surface area contributed by atoms with Gasteiger partial charge in [0.15, 0.2) is 0 Å². The lowest BCUT2D eigenvalue weighted by molar-refractivity contribution is 0.208. The summed E-state index contributed by atoms with van der Waals surface area (Å²) in [6.45, 7) is 7.57. The highest BCUT2D eigenvalue weighted by molar-refractivity contribution is 7.14. The van der Waals surface area contributed by atoms with E-state index in [9.17, 15) is 4.79 Å². The van der Waals surface area contributed by atoms with E-state index >= 15 is 0 Å². The number of amides is 2. The summed E-state index contributed by atoms with van der Waals surface area (Å²) in [6.07, 6.45) is 0. The predicted molar refractivity (Wildman–Crippen MR) is 100 cm³/mol. The van der Waals surface area contributed by atoms with E-state index in [1.807, 2.05) is 22.4 Å². The Morgan fingerprint density at radius 2 is 1.83 bits per heavy atom. The van der Waals surface area contributed by atoms with Crippen LogP contribution in [-0.4, -0.2) is 37.1 Å². The van der Waals surface area contributed by atoms with Crippen molar-refractivity contribution in [1.29, 1.82) is 0 Å². The van der Waals surface area contributed by atoms with Crippen LogP contribution in [0.1, 0.15) is 11.1 Å². The van der Waals surface area contributed by atoms with Gasteiger partial charge in [0.1, 0.15) is 0 Å². The number of carbonyl (C=O) groups excluding carboxylic acids is 1. The van der Waals surface area contributed by atoms with Gasteiger partial charge in [-0.25, -0.2) is 4.79 Å². The fourth-order valence-electron chi connectivity index (χ4n) is 2.76. The third-order valence-corrected chi connectivity index (χ3v) is 5.02. The summed E-state index contributed by atoms with van der Waals surface area (Å²) in [6, 6.07) is 10.3. The molecule has 0 radical (unpaired) electrons. The van der Waals surface area contributed by atoms with E-state index in [0.29, 0.717) is 0 Å². The van der Waals surface area contributed by atoms with Crippen LogP contribution in [0, 0.1) is 13.8 Å². The summed E-state index contributed by atoms with van der Waals surface area (Å²) in [5.41, 5.74) is 3.94. The molecule has 0 spiro atoms. The number of urea groups is 1. The Balaban J connectivity index is 0.00000192. The second kappa shape index (κ2) is 7.70. The van der Waals surface area contributed by atoms with E-state index in [1.54, 1.807) is 11.3 Å². The molecule has 0 atom stereocenters. The summed E-state index contributed by atoms with van der Waals surface area (Å²) in [7, 11) is 0. The van der Waals surface area contributed by atoms with Crippen LogP contribution in [0.5, 0.6) is 0 Å². The van der Waals surface area contributed by atoms with Crippen molar-refractivity contribution in [2.24, 2.45) is 0 Å². The number of hydrogen-bond donors (Lipinski definition) is 1. The molecule has 1 fully saturated rings. The Hall–Kier alpha value is -1.72. The number of aryl methyl sites for hydroxylation is 1. The maximum atomic E-state index is 12.2. The van der Waals surface area contributed by atoms with Crippen LogP contribution in [0.4, 0.5) is 15.5 Å². The molecule has 0 saturated carbocycles. The Labute approximate surface area is 147 Å². The van der Waals surface area contributed by atoms with Crippen LogP contribution in [0.2, 0.25) is 0 Å². The van der Waals surface area contributed by atoms with Gasteiger partial charge >= 0.3 is 6.03 Å². The zero-order valence-corrected chi connectivity index (χ0v) is 15.0. The second-order valence-electron chi connectivity index (χ2n) is 5.60. The lowest BCUT2D eigenvalue weighted by atomic mass is 10.1. The fraction of sp³-hybridized carbons (Fsp3) is 0.353. The maximum Gasteiger partial charge on any atom is 0.322 e. The molecule has 1 aromatic heterocycles. The number of piperazine rings is 1. The smallest absolute Gasteiger partial charge is 0.322 e.